The Bertz CT molecular complexity index is 510. The molecule has 1 fully saturated rings. The summed E-state index contributed by atoms with van der Waals surface area (Å²) >= 11 is 0. The van der Waals surface area contributed by atoms with Crippen molar-refractivity contribution in [3.05, 3.63) is 23.7 Å². The summed E-state index contributed by atoms with van der Waals surface area (Å²) in [6.45, 7) is 5.31. The van der Waals surface area contributed by atoms with E-state index in [9.17, 15) is 9.59 Å². The third kappa shape index (κ3) is 4.24. The largest absolute Gasteiger partial charge is 0.469 e. The molecule has 0 saturated carbocycles. The zero-order valence-electron chi connectivity index (χ0n) is 13.0. The van der Waals surface area contributed by atoms with Gasteiger partial charge in [0.15, 0.2) is 0 Å². The molecular formula is C15H24ClN3O3. The molecule has 3 N–H and O–H groups in total. The molecule has 0 bridgehead atoms. The molecule has 0 aromatic carbocycles. The molecule has 2 heterocycles. The van der Waals surface area contributed by atoms with Crippen LogP contribution in [0.4, 0.5) is 0 Å². The molecule has 2 rings (SSSR count). The minimum absolute atomic E-state index is 0. The van der Waals surface area contributed by atoms with Crippen molar-refractivity contribution in [1.82, 2.24) is 10.2 Å². The smallest absolute Gasteiger partial charge is 0.255 e. The van der Waals surface area contributed by atoms with Crippen molar-refractivity contribution in [3.63, 3.8) is 0 Å². The number of hydrogen-bond acceptors (Lipinski definition) is 4. The molecular weight excluding hydrogens is 306 g/mol. The highest BCUT2D eigenvalue weighted by molar-refractivity contribution is 5.95. The molecule has 1 aromatic heterocycles. The lowest BCUT2D eigenvalue weighted by atomic mass is 10.0. The van der Waals surface area contributed by atoms with Gasteiger partial charge in [-0.15, -0.1) is 12.4 Å². The number of hydrogen-bond donors (Lipinski definition) is 2. The summed E-state index contributed by atoms with van der Waals surface area (Å²) in [5.74, 6) is 0.482. The Hall–Kier alpha value is -1.53. The molecule has 124 valence electrons. The molecule has 7 heteroatoms. The van der Waals surface area contributed by atoms with E-state index in [0.29, 0.717) is 31.0 Å². The second-order valence-electron chi connectivity index (χ2n) is 5.60. The van der Waals surface area contributed by atoms with Crippen LogP contribution in [0.15, 0.2) is 16.7 Å². The van der Waals surface area contributed by atoms with Crippen molar-refractivity contribution in [1.29, 1.82) is 0 Å². The van der Waals surface area contributed by atoms with Crippen LogP contribution in [0.3, 0.4) is 0 Å². The topological polar surface area (TPSA) is 88.6 Å². The molecule has 2 amide bonds. The van der Waals surface area contributed by atoms with E-state index < -0.39 is 0 Å². The maximum absolute atomic E-state index is 12.1. The van der Waals surface area contributed by atoms with E-state index >= 15 is 0 Å². The van der Waals surface area contributed by atoms with Gasteiger partial charge in [-0.2, -0.15) is 0 Å². The molecule has 1 atom stereocenters. The van der Waals surface area contributed by atoms with Gasteiger partial charge in [-0.3, -0.25) is 9.59 Å². The van der Waals surface area contributed by atoms with Crippen LogP contribution in [0.5, 0.6) is 0 Å². The average Bonchev–Trinajstić information content (AvgIpc) is 2.92. The second-order valence-corrected chi connectivity index (χ2v) is 5.60. The lowest BCUT2D eigenvalue weighted by Crippen LogP contribution is -2.48. The minimum Gasteiger partial charge on any atom is -0.469 e. The Morgan fingerprint density at radius 2 is 2.09 bits per heavy atom. The van der Waals surface area contributed by atoms with Crippen molar-refractivity contribution < 1.29 is 14.0 Å². The van der Waals surface area contributed by atoms with E-state index in [2.05, 4.69) is 5.32 Å². The van der Waals surface area contributed by atoms with Gasteiger partial charge in [0.1, 0.15) is 5.76 Å². The van der Waals surface area contributed by atoms with E-state index in [0.717, 1.165) is 12.8 Å². The average molecular weight is 330 g/mol. The van der Waals surface area contributed by atoms with E-state index in [1.165, 1.54) is 6.26 Å². The zero-order chi connectivity index (χ0) is 15.4. The van der Waals surface area contributed by atoms with Gasteiger partial charge in [0.2, 0.25) is 5.91 Å². The molecule has 1 aliphatic rings. The highest BCUT2D eigenvalue weighted by atomic mass is 35.5. The van der Waals surface area contributed by atoms with Crippen LogP contribution in [0.1, 0.15) is 35.9 Å². The fourth-order valence-corrected chi connectivity index (χ4v) is 2.54. The normalized spacial score (nSPS) is 16.8. The van der Waals surface area contributed by atoms with Crippen molar-refractivity contribution in [2.24, 2.45) is 11.7 Å². The Labute approximate surface area is 136 Å². The number of carbonyl (C=O) groups is 2. The van der Waals surface area contributed by atoms with Gasteiger partial charge < -0.3 is 20.4 Å². The summed E-state index contributed by atoms with van der Waals surface area (Å²) in [4.78, 5) is 26.0. The molecule has 0 radical (unpaired) electrons. The molecule has 0 aliphatic carbocycles. The van der Waals surface area contributed by atoms with E-state index in [-0.39, 0.29) is 36.2 Å². The third-order valence-electron chi connectivity index (χ3n) is 4.02. The van der Waals surface area contributed by atoms with Crippen LogP contribution in [-0.2, 0) is 4.79 Å². The zero-order valence-corrected chi connectivity index (χ0v) is 13.8. The third-order valence-corrected chi connectivity index (χ3v) is 4.02. The summed E-state index contributed by atoms with van der Waals surface area (Å²) in [7, 11) is 0. The number of rotatable bonds is 4. The van der Waals surface area contributed by atoms with Crippen molar-refractivity contribution >= 4 is 24.2 Å². The fourth-order valence-electron chi connectivity index (χ4n) is 2.54. The molecule has 22 heavy (non-hydrogen) atoms. The van der Waals surface area contributed by atoms with Crippen molar-refractivity contribution in [3.8, 4) is 0 Å². The highest BCUT2D eigenvalue weighted by Crippen LogP contribution is 2.15. The van der Waals surface area contributed by atoms with Crippen LogP contribution >= 0.6 is 12.4 Å². The lowest BCUT2D eigenvalue weighted by Gasteiger charge is -2.33. The number of halogens is 1. The predicted octanol–water partition coefficient (Wildman–Crippen LogP) is 1.33. The summed E-state index contributed by atoms with van der Waals surface area (Å²) in [6, 6.07) is 1.77. The van der Waals surface area contributed by atoms with Crippen LogP contribution < -0.4 is 11.1 Å². The predicted molar refractivity (Wildman–Crippen MR) is 86.0 cm³/mol. The minimum atomic E-state index is -0.135. The molecule has 1 saturated heterocycles. The van der Waals surface area contributed by atoms with Gasteiger partial charge in [0.25, 0.3) is 5.91 Å². The van der Waals surface area contributed by atoms with Crippen LogP contribution in [0.2, 0.25) is 0 Å². The molecule has 0 spiro atoms. The van der Waals surface area contributed by atoms with E-state index in [4.69, 9.17) is 10.2 Å². The molecule has 1 aliphatic heterocycles. The number of nitrogens with two attached hydrogens (primary N) is 1. The summed E-state index contributed by atoms with van der Waals surface area (Å²) in [5.41, 5.74) is 6.10. The summed E-state index contributed by atoms with van der Waals surface area (Å²) in [6.07, 6.45) is 3.05. The first-order valence-electron chi connectivity index (χ1n) is 7.36. The number of nitrogens with zero attached hydrogens (tertiary/aromatic N) is 1. The van der Waals surface area contributed by atoms with Crippen LogP contribution in [0, 0.1) is 12.8 Å². The number of furan rings is 1. The first kappa shape index (κ1) is 18.5. The van der Waals surface area contributed by atoms with Crippen LogP contribution in [-0.4, -0.2) is 42.4 Å². The number of amides is 2. The first-order valence-corrected chi connectivity index (χ1v) is 7.36. The monoisotopic (exact) mass is 329 g/mol. The number of likely N-dealkylation sites (tertiary alicyclic amines) is 1. The van der Waals surface area contributed by atoms with Gasteiger partial charge in [-0.05, 0) is 25.8 Å². The van der Waals surface area contributed by atoms with E-state index in [1.807, 2.05) is 11.8 Å². The summed E-state index contributed by atoms with van der Waals surface area (Å²) < 4.78 is 5.14. The van der Waals surface area contributed by atoms with Gasteiger partial charge >= 0.3 is 0 Å². The maximum atomic E-state index is 12.1. The number of carbonyl (C=O) groups excluding carboxylic acids is 2. The molecule has 1 unspecified atom stereocenters. The Morgan fingerprint density at radius 3 is 2.59 bits per heavy atom. The number of aryl methyl sites for hydroxylation is 1. The van der Waals surface area contributed by atoms with Gasteiger partial charge in [-0.25, -0.2) is 0 Å². The van der Waals surface area contributed by atoms with Gasteiger partial charge in [-0.1, -0.05) is 6.92 Å². The van der Waals surface area contributed by atoms with E-state index in [1.54, 1.807) is 13.0 Å². The lowest BCUT2D eigenvalue weighted by molar-refractivity contribution is -0.135. The standard InChI is InChI=1S/C15H23N3O3.ClH/c1-10(9-16)15(20)18-6-3-12(4-7-18)17-14(19)13-5-8-21-11(13)2;/h5,8,10,12H,3-4,6-7,9,16H2,1-2H3,(H,17,19);1H. The van der Waals surface area contributed by atoms with Crippen LogP contribution in [0.25, 0.3) is 0 Å². The Morgan fingerprint density at radius 1 is 1.45 bits per heavy atom. The Kier molecular flexibility index (Phi) is 6.90. The maximum Gasteiger partial charge on any atom is 0.255 e. The number of nitrogens with one attached hydrogen (secondary N) is 1. The fraction of sp³-hybridized carbons (Fsp3) is 0.600. The molecule has 6 nitrogen and oxygen atoms in total. The first-order chi connectivity index (χ1) is 10.0. The van der Waals surface area contributed by atoms with Crippen molar-refractivity contribution in [2.75, 3.05) is 19.6 Å². The summed E-state index contributed by atoms with van der Waals surface area (Å²) in [5, 5.41) is 3.00. The van der Waals surface area contributed by atoms with Gasteiger partial charge in [0.05, 0.1) is 11.8 Å². The highest BCUT2D eigenvalue weighted by Gasteiger charge is 2.26. The Balaban J connectivity index is 0.00000242. The van der Waals surface area contributed by atoms with Gasteiger partial charge in [0, 0.05) is 31.6 Å². The second kappa shape index (κ2) is 8.19. The SMILES string of the molecule is Cc1occc1C(=O)NC1CCN(C(=O)C(C)CN)CC1.Cl. The number of piperidine rings is 1. The van der Waals surface area contributed by atoms with Crippen molar-refractivity contribution in [2.45, 2.75) is 32.7 Å². The molecule has 1 aromatic rings. The quantitative estimate of drug-likeness (QED) is 0.872.